The maximum atomic E-state index is 12.6. The van der Waals surface area contributed by atoms with Crippen LogP contribution in [0.2, 0.25) is 0 Å². The van der Waals surface area contributed by atoms with Crippen LogP contribution in [0.4, 0.5) is 11.4 Å². The van der Waals surface area contributed by atoms with E-state index < -0.39 is 5.41 Å². The Morgan fingerprint density at radius 1 is 1.21 bits per heavy atom. The lowest BCUT2D eigenvalue weighted by Crippen LogP contribution is -2.32. The third kappa shape index (κ3) is 4.60. The second-order valence-electron chi connectivity index (χ2n) is 8.95. The van der Waals surface area contributed by atoms with Crippen molar-refractivity contribution in [1.29, 1.82) is 5.26 Å². The van der Waals surface area contributed by atoms with Crippen LogP contribution < -0.4 is 10.2 Å². The Labute approximate surface area is 173 Å². The molecule has 0 aromatic heterocycles. The lowest BCUT2D eigenvalue weighted by molar-refractivity contribution is -0.123. The molecule has 152 valence electrons. The summed E-state index contributed by atoms with van der Waals surface area (Å²) in [6.07, 6.45) is 1.09. The molecule has 1 amide bonds. The molecule has 1 fully saturated rings. The first-order valence-electron chi connectivity index (χ1n) is 10.1. The number of likely N-dealkylation sites (N-methyl/N-ethyl adjacent to an activating group) is 1. The molecule has 29 heavy (non-hydrogen) atoms. The summed E-state index contributed by atoms with van der Waals surface area (Å²) >= 11 is 0. The van der Waals surface area contributed by atoms with Gasteiger partial charge in [0.05, 0.1) is 11.3 Å². The topological polar surface area (TPSA) is 59.4 Å². The number of rotatable bonds is 4. The maximum absolute atomic E-state index is 12.6. The van der Waals surface area contributed by atoms with E-state index in [1.807, 2.05) is 51.1 Å². The number of carbonyl (C=O) groups is 1. The van der Waals surface area contributed by atoms with Gasteiger partial charge in [0.15, 0.2) is 0 Å². The van der Waals surface area contributed by atoms with Crippen LogP contribution in [0, 0.1) is 16.7 Å². The number of benzene rings is 2. The van der Waals surface area contributed by atoms with E-state index >= 15 is 0 Å². The normalized spacial score (nSPS) is 16.7. The lowest BCUT2D eigenvalue weighted by Gasteiger charge is -2.26. The number of anilines is 2. The maximum Gasteiger partial charge on any atom is 0.229 e. The molecule has 0 aliphatic carbocycles. The van der Waals surface area contributed by atoms with E-state index in [0.29, 0.717) is 17.3 Å². The second kappa shape index (κ2) is 8.26. The molecule has 1 saturated heterocycles. The van der Waals surface area contributed by atoms with E-state index in [2.05, 4.69) is 47.4 Å². The SMILES string of the molecule is CN(C)C1CCN(c2cc(NC(=O)C(C)(C)C)c(C#N)cc2-c2ccccc2)C1. The summed E-state index contributed by atoms with van der Waals surface area (Å²) in [6.45, 7) is 7.48. The Kier molecular flexibility index (Phi) is 5.95. The van der Waals surface area contributed by atoms with Crippen molar-refractivity contribution in [3.8, 4) is 17.2 Å². The third-order valence-corrected chi connectivity index (χ3v) is 5.50. The molecule has 1 N–H and O–H groups in total. The van der Waals surface area contributed by atoms with Gasteiger partial charge in [-0.3, -0.25) is 4.79 Å². The van der Waals surface area contributed by atoms with E-state index in [4.69, 9.17) is 0 Å². The van der Waals surface area contributed by atoms with Gasteiger partial charge in [-0.15, -0.1) is 0 Å². The number of carbonyl (C=O) groups excluding carboxylic acids is 1. The minimum Gasteiger partial charge on any atom is -0.369 e. The molecule has 1 atom stereocenters. The highest BCUT2D eigenvalue weighted by Crippen LogP contribution is 2.38. The predicted molar refractivity (Wildman–Crippen MR) is 119 cm³/mol. The monoisotopic (exact) mass is 390 g/mol. The molecular weight excluding hydrogens is 360 g/mol. The highest BCUT2D eigenvalue weighted by atomic mass is 16.2. The van der Waals surface area contributed by atoms with E-state index in [-0.39, 0.29) is 5.91 Å². The van der Waals surface area contributed by atoms with Gasteiger partial charge in [0.25, 0.3) is 0 Å². The first-order chi connectivity index (χ1) is 13.7. The van der Waals surface area contributed by atoms with E-state index in [1.54, 1.807) is 0 Å². The van der Waals surface area contributed by atoms with Crippen LogP contribution in [0.3, 0.4) is 0 Å². The highest BCUT2D eigenvalue weighted by molar-refractivity contribution is 5.97. The molecule has 2 aromatic carbocycles. The largest absolute Gasteiger partial charge is 0.369 e. The Balaban J connectivity index is 2.09. The summed E-state index contributed by atoms with van der Waals surface area (Å²) in [5.74, 6) is -0.0972. The summed E-state index contributed by atoms with van der Waals surface area (Å²) in [7, 11) is 4.22. The fraction of sp³-hybridized carbons (Fsp3) is 0.417. The van der Waals surface area contributed by atoms with Crippen LogP contribution in [0.5, 0.6) is 0 Å². The van der Waals surface area contributed by atoms with Crippen molar-refractivity contribution < 1.29 is 4.79 Å². The van der Waals surface area contributed by atoms with Crippen molar-refractivity contribution in [3.63, 3.8) is 0 Å². The molecule has 5 nitrogen and oxygen atoms in total. The number of hydrogen-bond acceptors (Lipinski definition) is 4. The van der Waals surface area contributed by atoms with Crippen LogP contribution in [-0.2, 0) is 4.79 Å². The smallest absolute Gasteiger partial charge is 0.229 e. The van der Waals surface area contributed by atoms with Crippen LogP contribution in [0.25, 0.3) is 11.1 Å². The molecule has 1 aliphatic rings. The molecule has 2 aromatic rings. The third-order valence-electron chi connectivity index (χ3n) is 5.50. The first kappa shape index (κ1) is 20.9. The van der Waals surface area contributed by atoms with Gasteiger partial charge >= 0.3 is 0 Å². The van der Waals surface area contributed by atoms with E-state index in [1.165, 1.54) is 0 Å². The zero-order valence-electron chi connectivity index (χ0n) is 18.0. The van der Waals surface area contributed by atoms with Crippen molar-refractivity contribution >= 4 is 17.3 Å². The van der Waals surface area contributed by atoms with Crippen LogP contribution in [-0.4, -0.2) is 44.0 Å². The fourth-order valence-electron chi connectivity index (χ4n) is 3.59. The van der Waals surface area contributed by atoms with Crippen molar-refractivity contribution in [2.75, 3.05) is 37.4 Å². The standard InChI is InChI=1S/C24H30N4O/c1-24(2,3)23(29)26-21-14-22(28-12-11-19(16-28)27(4)5)20(13-18(21)15-25)17-9-7-6-8-10-17/h6-10,13-14,19H,11-12,16H2,1-5H3,(H,26,29). The average molecular weight is 391 g/mol. The minimum absolute atomic E-state index is 0.0972. The second-order valence-corrected chi connectivity index (χ2v) is 8.95. The van der Waals surface area contributed by atoms with Crippen molar-refractivity contribution in [3.05, 3.63) is 48.0 Å². The van der Waals surface area contributed by atoms with Gasteiger partial charge < -0.3 is 15.1 Å². The quantitative estimate of drug-likeness (QED) is 0.843. The molecule has 0 bridgehead atoms. The number of amides is 1. The molecule has 0 spiro atoms. The first-order valence-corrected chi connectivity index (χ1v) is 10.1. The number of hydrogen-bond donors (Lipinski definition) is 1. The van der Waals surface area contributed by atoms with Crippen molar-refractivity contribution in [2.45, 2.75) is 33.2 Å². The zero-order valence-corrected chi connectivity index (χ0v) is 18.0. The molecule has 0 radical (unpaired) electrons. The van der Waals surface area contributed by atoms with E-state index in [0.717, 1.165) is 36.3 Å². The Morgan fingerprint density at radius 2 is 1.90 bits per heavy atom. The van der Waals surface area contributed by atoms with Gasteiger partial charge in [0.1, 0.15) is 6.07 Å². The van der Waals surface area contributed by atoms with Crippen molar-refractivity contribution in [2.24, 2.45) is 5.41 Å². The number of nitriles is 1. The summed E-state index contributed by atoms with van der Waals surface area (Å²) in [5, 5.41) is 12.7. The highest BCUT2D eigenvalue weighted by Gasteiger charge is 2.28. The molecule has 1 aliphatic heterocycles. The van der Waals surface area contributed by atoms with Crippen LogP contribution >= 0.6 is 0 Å². The molecule has 1 heterocycles. The minimum atomic E-state index is -0.533. The molecule has 3 rings (SSSR count). The molecule has 0 saturated carbocycles. The molecule has 1 unspecified atom stereocenters. The molecule has 5 heteroatoms. The lowest BCUT2D eigenvalue weighted by atomic mass is 9.94. The van der Waals surface area contributed by atoms with Gasteiger partial charge in [0.2, 0.25) is 5.91 Å². The fourth-order valence-corrected chi connectivity index (χ4v) is 3.59. The van der Waals surface area contributed by atoms with E-state index in [9.17, 15) is 10.1 Å². The summed E-state index contributed by atoms with van der Waals surface area (Å²) < 4.78 is 0. The van der Waals surface area contributed by atoms with Gasteiger partial charge in [0, 0.05) is 35.8 Å². The average Bonchev–Trinajstić information content (AvgIpc) is 3.18. The van der Waals surface area contributed by atoms with Crippen LogP contribution in [0.15, 0.2) is 42.5 Å². The van der Waals surface area contributed by atoms with Gasteiger partial charge in [-0.05, 0) is 38.2 Å². The Morgan fingerprint density at radius 3 is 2.45 bits per heavy atom. The summed E-state index contributed by atoms with van der Waals surface area (Å²) in [4.78, 5) is 17.2. The van der Waals surface area contributed by atoms with Gasteiger partial charge in [-0.2, -0.15) is 5.26 Å². The van der Waals surface area contributed by atoms with Crippen molar-refractivity contribution in [1.82, 2.24) is 4.90 Å². The number of nitrogens with zero attached hydrogens (tertiary/aromatic N) is 3. The zero-order chi connectivity index (χ0) is 21.2. The molecular formula is C24H30N4O. The predicted octanol–water partition coefficient (Wildman–Crippen LogP) is 4.35. The number of nitrogens with one attached hydrogen (secondary N) is 1. The van der Waals surface area contributed by atoms with Gasteiger partial charge in [-0.25, -0.2) is 0 Å². The Hall–Kier alpha value is -2.84. The van der Waals surface area contributed by atoms with Gasteiger partial charge in [-0.1, -0.05) is 51.1 Å². The summed E-state index contributed by atoms with van der Waals surface area (Å²) in [5.41, 5.74) is 3.68. The summed E-state index contributed by atoms with van der Waals surface area (Å²) in [6, 6.07) is 16.8. The Bertz CT molecular complexity index is 922. The van der Waals surface area contributed by atoms with Crippen LogP contribution in [0.1, 0.15) is 32.8 Å².